The third-order valence-corrected chi connectivity index (χ3v) is 4.40. The van der Waals surface area contributed by atoms with Gasteiger partial charge >= 0.3 is 0 Å². The van der Waals surface area contributed by atoms with Crippen molar-refractivity contribution in [2.24, 2.45) is 0 Å². The van der Waals surface area contributed by atoms with Gasteiger partial charge in [-0.05, 0) is 49.6 Å². The van der Waals surface area contributed by atoms with E-state index in [-0.39, 0.29) is 6.10 Å². The smallest absolute Gasteiger partial charge is 0.0787 e. The van der Waals surface area contributed by atoms with Gasteiger partial charge in [-0.2, -0.15) is 0 Å². The minimum absolute atomic E-state index is 0.347. The van der Waals surface area contributed by atoms with Crippen molar-refractivity contribution >= 4 is 11.8 Å². The first-order valence-corrected chi connectivity index (χ1v) is 7.45. The van der Waals surface area contributed by atoms with E-state index in [1.54, 1.807) is 11.8 Å². The second-order valence-corrected chi connectivity index (χ2v) is 5.98. The average Bonchev–Trinajstić information content (AvgIpc) is 2.42. The summed E-state index contributed by atoms with van der Waals surface area (Å²) < 4.78 is 0. The van der Waals surface area contributed by atoms with Crippen LogP contribution in [0.15, 0.2) is 52.3 Å². The molecule has 1 N–H and O–H groups in total. The molecule has 0 bridgehead atoms. The van der Waals surface area contributed by atoms with E-state index in [1.165, 1.54) is 20.9 Å². The van der Waals surface area contributed by atoms with Gasteiger partial charge in [0.15, 0.2) is 0 Å². The van der Waals surface area contributed by atoms with Crippen LogP contribution in [0.25, 0.3) is 0 Å². The second-order valence-electron chi connectivity index (χ2n) is 4.86. The molecule has 0 aliphatic carbocycles. The number of hydrogen-bond acceptors (Lipinski definition) is 2. The quantitative estimate of drug-likeness (QED) is 0.854. The molecule has 1 atom stereocenters. The van der Waals surface area contributed by atoms with E-state index in [1.807, 2.05) is 19.1 Å². The molecule has 0 heterocycles. The van der Waals surface area contributed by atoms with Gasteiger partial charge in [0, 0.05) is 9.79 Å². The number of aliphatic hydroxyl groups is 1. The van der Waals surface area contributed by atoms with Crippen molar-refractivity contribution in [1.82, 2.24) is 0 Å². The third kappa shape index (κ3) is 3.62. The minimum atomic E-state index is -0.347. The molecular weight excluding hydrogens is 252 g/mol. The van der Waals surface area contributed by atoms with E-state index in [0.29, 0.717) is 0 Å². The van der Waals surface area contributed by atoms with Crippen molar-refractivity contribution in [1.29, 1.82) is 0 Å². The monoisotopic (exact) mass is 272 g/mol. The molecular formula is C17H20OS. The van der Waals surface area contributed by atoms with Crippen LogP contribution in [0.3, 0.4) is 0 Å². The summed E-state index contributed by atoms with van der Waals surface area (Å²) in [5, 5.41) is 9.78. The van der Waals surface area contributed by atoms with Crippen LogP contribution in [0.2, 0.25) is 0 Å². The predicted octanol–water partition coefficient (Wildman–Crippen LogP) is 4.90. The fraction of sp³-hybridized carbons (Fsp3) is 0.294. The van der Waals surface area contributed by atoms with E-state index in [9.17, 15) is 5.11 Å². The Morgan fingerprint density at radius 3 is 2.32 bits per heavy atom. The number of aliphatic hydroxyl groups excluding tert-OH is 1. The summed E-state index contributed by atoms with van der Waals surface area (Å²) in [6, 6.07) is 14.7. The van der Waals surface area contributed by atoms with Crippen LogP contribution >= 0.6 is 11.8 Å². The SMILES string of the molecule is CC[C@@H](O)c1ccc(Sc2ccc(C)cc2C)cc1. The Morgan fingerprint density at radius 2 is 1.74 bits per heavy atom. The van der Waals surface area contributed by atoms with E-state index in [4.69, 9.17) is 0 Å². The van der Waals surface area contributed by atoms with Gasteiger partial charge in [0.25, 0.3) is 0 Å². The standard InChI is InChI=1S/C17H20OS/c1-4-16(18)14-6-8-15(9-7-14)19-17-10-5-12(2)11-13(17)3/h5-11,16,18H,4H2,1-3H3/t16-/m1/s1. The summed E-state index contributed by atoms with van der Waals surface area (Å²) >= 11 is 1.77. The Labute approximate surface area is 119 Å². The van der Waals surface area contributed by atoms with Crippen molar-refractivity contribution in [3.63, 3.8) is 0 Å². The molecule has 100 valence electrons. The summed E-state index contributed by atoms with van der Waals surface area (Å²) in [5.41, 5.74) is 3.60. The predicted molar refractivity (Wildman–Crippen MR) is 81.7 cm³/mol. The van der Waals surface area contributed by atoms with Crippen LogP contribution in [-0.4, -0.2) is 5.11 Å². The zero-order valence-electron chi connectivity index (χ0n) is 11.7. The summed E-state index contributed by atoms with van der Waals surface area (Å²) in [6.45, 7) is 6.25. The fourth-order valence-corrected chi connectivity index (χ4v) is 2.92. The fourth-order valence-electron chi connectivity index (χ4n) is 2.03. The van der Waals surface area contributed by atoms with Gasteiger partial charge in [0.1, 0.15) is 0 Å². The molecule has 0 amide bonds. The van der Waals surface area contributed by atoms with Crippen molar-refractivity contribution in [3.05, 3.63) is 59.2 Å². The lowest BCUT2D eigenvalue weighted by molar-refractivity contribution is 0.173. The number of benzene rings is 2. The number of aryl methyl sites for hydroxylation is 2. The second kappa shape index (κ2) is 6.27. The highest BCUT2D eigenvalue weighted by atomic mass is 32.2. The van der Waals surface area contributed by atoms with Crippen LogP contribution in [-0.2, 0) is 0 Å². The summed E-state index contributed by atoms with van der Waals surface area (Å²) in [5.74, 6) is 0. The molecule has 0 saturated heterocycles. The number of rotatable bonds is 4. The molecule has 19 heavy (non-hydrogen) atoms. The Balaban J connectivity index is 2.15. The van der Waals surface area contributed by atoms with Crippen LogP contribution in [0.5, 0.6) is 0 Å². The lowest BCUT2D eigenvalue weighted by atomic mass is 10.1. The van der Waals surface area contributed by atoms with Gasteiger partial charge in [-0.3, -0.25) is 0 Å². The van der Waals surface area contributed by atoms with Crippen LogP contribution in [0.1, 0.15) is 36.1 Å². The molecule has 0 radical (unpaired) electrons. The van der Waals surface area contributed by atoms with Crippen LogP contribution < -0.4 is 0 Å². The zero-order chi connectivity index (χ0) is 13.8. The van der Waals surface area contributed by atoms with Crippen LogP contribution in [0.4, 0.5) is 0 Å². The molecule has 0 aliphatic heterocycles. The van der Waals surface area contributed by atoms with E-state index >= 15 is 0 Å². The first-order chi connectivity index (χ1) is 9.10. The first kappa shape index (κ1) is 14.2. The molecule has 2 aromatic carbocycles. The molecule has 2 rings (SSSR count). The molecule has 0 fully saturated rings. The number of hydrogen-bond donors (Lipinski definition) is 1. The Bertz CT molecular complexity index is 546. The van der Waals surface area contributed by atoms with Gasteiger partial charge in [-0.15, -0.1) is 0 Å². The highest BCUT2D eigenvalue weighted by molar-refractivity contribution is 7.99. The Kier molecular flexibility index (Phi) is 4.67. The maximum Gasteiger partial charge on any atom is 0.0787 e. The van der Waals surface area contributed by atoms with Crippen molar-refractivity contribution in [2.75, 3.05) is 0 Å². The maximum absolute atomic E-state index is 9.78. The average molecular weight is 272 g/mol. The first-order valence-electron chi connectivity index (χ1n) is 6.63. The summed E-state index contributed by atoms with van der Waals surface area (Å²) in [7, 11) is 0. The topological polar surface area (TPSA) is 20.2 Å². The van der Waals surface area contributed by atoms with E-state index in [0.717, 1.165) is 12.0 Å². The van der Waals surface area contributed by atoms with Crippen molar-refractivity contribution in [3.8, 4) is 0 Å². The van der Waals surface area contributed by atoms with Gasteiger partial charge in [0.2, 0.25) is 0 Å². The van der Waals surface area contributed by atoms with Gasteiger partial charge < -0.3 is 5.11 Å². The molecule has 2 aromatic rings. The van der Waals surface area contributed by atoms with E-state index < -0.39 is 0 Å². The zero-order valence-corrected chi connectivity index (χ0v) is 12.5. The molecule has 1 nitrogen and oxygen atoms in total. The Morgan fingerprint density at radius 1 is 1.05 bits per heavy atom. The lowest BCUT2D eigenvalue weighted by Gasteiger charge is -2.10. The minimum Gasteiger partial charge on any atom is -0.388 e. The summed E-state index contributed by atoms with van der Waals surface area (Å²) in [6.07, 6.45) is 0.406. The molecule has 0 aromatic heterocycles. The molecule has 0 spiro atoms. The third-order valence-electron chi connectivity index (χ3n) is 3.21. The highest BCUT2D eigenvalue weighted by Crippen LogP contribution is 2.31. The van der Waals surface area contributed by atoms with Crippen molar-refractivity contribution in [2.45, 2.75) is 43.1 Å². The highest BCUT2D eigenvalue weighted by Gasteiger charge is 2.05. The van der Waals surface area contributed by atoms with Gasteiger partial charge in [0.05, 0.1) is 6.10 Å². The van der Waals surface area contributed by atoms with E-state index in [2.05, 4.69) is 44.2 Å². The largest absolute Gasteiger partial charge is 0.388 e. The normalized spacial score (nSPS) is 12.4. The van der Waals surface area contributed by atoms with Crippen molar-refractivity contribution < 1.29 is 5.11 Å². The van der Waals surface area contributed by atoms with Crippen LogP contribution in [0, 0.1) is 13.8 Å². The molecule has 0 saturated carbocycles. The molecule has 0 aliphatic rings. The van der Waals surface area contributed by atoms with Gasteiger partial charge in [-0.1, -0.05) is 48.5 Å². The Hall–Kier alpha value is -1.25. The summed E-state index contributed by atoms with van der Waals surface area (Å²) in [4.78, 5) is 2.49. The molecule has 0 unspecified atom stereocenters. The van der Waals surface area contributed by atoms with Gasteiger partial charge in [-0.25, -0.2) is 0 Å². The lowest BCUT2D eigenvalue weighted by Crippen LogP contribution is -1.94. The molecule has 2 heteroatoms. The maximum atomic E-state index is 9.78.